The molecule has 9 nitrogen and oxygen atoms in total. The van der Waals surface area contributed by atoms with Gasteiger partial charge in [0.15, 0.2) is 16.8 Å². The van der Waals surface area contributed by atoms with Crippen LogP contribution >= 0.6 is 11.6 Å². The van der Waals surface area contributed by atoms with Crippen LogP contribution in [0, 0.1) is 0 Å². The number of methoxy groups -OCH3 is 1. The number of fused-ring (bicyclic) bond motifs is 3. The standard InChI is InChI=1S/C21H16ClN7O2/c1-31-11-16-17(13-5-7-14(22)8-6-13)19-26-25-18-20(29(19)27-16)24-12-28(21(18)30)10-15-4-2-3-9-23-15/h2-9,12H,10-11H2,1H3. The SMILES string of the molecule is COCc1nn2c(nnc3c(=O)n(Cc4ccccn4)cnc32)c1-c1ccc(Cl)cc1. The van der Waals surface area contributed by atoms with E-state index in [2.05, 4.69) is 25.3 Å². The van der Waals surface area contributed by atoms with Gasteiger partial charge in [0.2, 0.25) is 0 Å². The average Bonchev–Trinajstić information content (AvgIpc) is 3.15. The van der Waals surface area contributed by atoms with E-state index < -0.39 is 0 Å². The van der Waals surface area contributed by atoms with Crippen molar-refractivity contribution in [3.8, 4) is 11.1 Å². The van der Waals surface area contributed by atoms with Crippen molar-refractivity contribution in [2.75, 3.05) is 7.11 Å². The summed E-state index contributed by atoms with van der Waals surface area (Å²) in [6.45, 7) is 0.548. The number of nitrogens with zero attached hydrogens (tertiary/aromatic N) is 7. The van der Waals surface area contributed by atoms with Gasteiger partial charge in [-0.05, 0) is 29.8 Å². The molecule has 5 rings (SSSR count). The number of halogens is 1. The molecule has 0 spiro atoms. The molecule has 4 aromatic heterocycles. The van der Waals surface area contributed by atoms with E-state index in [-0.39, 0.29) is 24.2 Å². The number of hydrogen-bond acceptors (Lipinski definition) is 7. The number of ether oxygens (including phenoxy) is 1. The van der Waals surface area contributed by atoms with Gasteiger partial charge in [0.1, 0.15) is 6.33 Å². The molecule has 0 aliphatic rings. The maximum atomic E-state index is 13.0. The van der Waals surface area contributed by atoms with E-state index in [1.165, 1.54) is 15.4 Å². The molecule has 0 N–H and O–H groups in total. The van der Waals surface area contributed by atoms with E-state index in [1.807, 2.05) is 30.3 Å². The maximum Gasteiger partial charge on any atom is 0.283 e. The fourth-order valence-electron chi connectivity index (χ4n) is 3.43. The lowest BCUT2D eigenvalue weighted by Gasteiger charge is -2.06. The van der Waals surface area contributed by atoms with Crippen molar-refractivity contribution in [3.63, 3.8) is 0 Å². The Morgan fingerprint density at radius 2 is 1.87 bits per heavy atom. The quantitative estimate of drug-likeness (QED) is 0.420. The van der Waals surface area contributed by atoms with Crippen LogP contribution in [0.4, 0.5) is 0 Å². The Kier molecular flexibility index (Phi) is 4.89. The molecule has 5 aromatic rings. The van der Waals surface area contributed by atoms with Gasteiger partial charge >= 0.3 is 0 Å². The summed E-state index contributed by atoms with van der Waals surface area (Å²) < 4.78 is 8.31. The van der Waals surface area contributed by atoms with Crippen LogP contribution in [0.5, 0.6) is 0 Å². The third-order valence-corrected chi connectivity index (χ3v) is 5.10. The van der Waals surface area contributed by atoms with Crippen molar-refractivity contribution in [2.24, 2.45) is 0 Å². The number of pyridine rings is 1. The molecule has 0 bridgehead atoms. The fourth-order valence-corrected chi connectivity index (χ4v) is 3.56. The highest BCUT2D eigenvalue weighted by atomic mass is 35.5. The minimum Gasteiger partial charge on any atom is -0.378 e. The minimum atomic E-state index is -0.318. The first-order chi connectivity index (χ1) is 15.2. The number of hydrogen-bond donors (Lipinski definition) is 0. The van der Waals surface area contributed by atoms with Crippen LogP contribution in [0.2, 0.25) is 5.02 Å². The molecule has 1 aromatic carbocycles. The molecular formula is C21H16ClN7O2. The largest absolute Gasteiger partial charge is 0.378 e. The minimum absolute atomic E-state index is 0.125. The molecule has 4 heterocycles. The zero-order chi connectivity index (χ0) is 21.4. The van der Waals surface area contributed by atoms with Crippen LogP contribution in [-0.2, 0) is 17.9 Å². The Bertz CT molecular complexity index is 1450. The predicted octanol–water partition coefficient (Wildman–Crippen LogP) is 2.74. The van der Waals surface area contributed by atoms with Crippen LogP contribution in [0.3, 0.4) is 0 Å². The zero-order valence-electron chi connectivity index (χ0n) is 16.4. The molecule has 0 radical (unpaired) electrons. The molecule has 0 saturated heterocycles. The molecule has 0 aliphatic carbocycles. The van der Waals surface area contributed by atoms with Crippen molar-refractivity contribution >= 4 is 28.4 Å². The van der Waals surface area contributed by atoms with E-state index in [1.54, 1.807) is 25.4 Å². The first-order valence-corrected chi connectivity index (χ1v) is 9.81. The monoisotopic (exact) mass is 433 g/mol. The topological polar surface area (TPSA) is 100 Å². The van der Waals surface area contributed by atoms with Gasteiger partial charge in [-0.2, -0.15) is 9.61 Å². The molecule has 31 heavy (non-hydrogen) atoms. The molecule has 154 valence electrons. The Morgan fingerprint density at radius 1 is 1.03 bits per heavy atom. The third kappa shape index (κ3) is 3.43. The van der Waals surface area contributed by atoms with Crippen LogP contribution < -0.4 is 5.56 Å². The van der Waals surface area contributed by atoms with Gasteiger partial charge in [0.25, 0.3) is 5.56 Å². The van der Waals surface area contributed by atoms with Crippen molar-refractivity contribution in [3.05, 3.63) is 81.8 Å². The third-order valence-electron chi connectivity index (χ3n) is 4.85. The molecule has 0 atom stereocenters. The maximum absolute atomic E-state index is 13.0. The molecular weight excluding hydrogens is 418 g/mol. The van der Waals surface area contributed by atoms with Crippen LogP contribution in [0.1, 0.15) is 11.4 Å². The second-order valence-corrected chi connectivity index (χ2v) is 7.30. The van der Waals surface area contributed by atoms with E-state index in [0.29, 0.717) is 22.0 Å². The van der Waals surface area contributed by atoms with Crippen molar-refractivity contribution in [1.29, 1.82) is 0 Å². The van der Waals surface area contributed by atoms with Crippen LogP contribution in [0.25, 0.3) is 27.9 Å². The highest BCUT2D eigenvalue weighted by Gasteiger charge is 2.20. The lowest BCUT2D eigenvalue weighted by molar-refractivity contribution is 0.181. The van der Waals surface area contributed by atoms with E-state index in [9.17, 15) is 4.79 Å². The predicted molar refractivity (Wildman–Crippen MR) is 115 cm³/mol. The normalized spacial score (nSPS) is 11.4. The second kappa shape index (κ2) is 7.86. The van der Waals surface area contributed by atoms with Gasteiger partial charge in [0, 0.05) is 18.3 Å². The highest BCUT2D eigenvalue weighted by molar-refractivity contribution is 6.30. The van der Waals surface area contributed by atoms with Gasteiger partial charge in [0.05, 0.1) is 30.1 Å². The van der Waals surface area contributed by atoms with E-state index in [0.717, 1.165) is 16.8 Å². The number of aromatic nitrogens is 7. The molecule has 0 amide bonds. The Morgan fingerprint density at radius 3 is 2.61 bits per heavy atom. The van der Waals surface area contributed by atoms with Gasteiger partial charge in [-0.25, -0.2) is 4.98 Å². The van der Waals surface area contributed by atoms with Crippen LogP contribution in [0.15, 0.2) is 59.8 Å². The lowest BCUT2D eigenvalue weighted by Crippen LogP contribution is -2.23. The van der Waals surface area contributed by atoms with Gasteiger partial charge in [-0.3, -0.25) is 14.3 Å². The van der Waals surface area contributed by atoms with Gasteiger partial charge in [-0.1, -0.05) is 29.8 Å². The summed E-state index contributed by atoms with van der Waals surface area (Å²) in [4.78, 5) is 21.7. The van der Waals surface area contributed by atoms with Crippen molar-refractivity contribution < 1.29 is 4.74 Å². The second-order valence-electron chi connectivity index (χ2n) is 6.87. The van der Waals surface area contributed by atoms with E-state index in [4.69, 9.17) is 16.3 Å². The summed E-state index contributed by atoms with van der Waals surface area (Å²) in [5.74, 6) is 0. The van der Waals surface area contributed by atoms with Gasteiger partial charge < -0.3 is 4.74 Å². The Labute approximate surface area is 180 Å². The molecule has 0 fully saturated rings. The van der Waals surface area contributed by atoms with Gasteiger partial charge in [-0.15, -0.1) is 10.2 Å². The van der Waals surface area contributed by atoms with Crippen molar-refractivity contribution in [2.45, 2.75) is 13.2 Å². The summed E-state index contributed by atoms with van der Waals surface area (Å²) in [6, 6.07) is 12.9. The summed E-state index contributed by atoms with van der Waals surface area (Å²) in [7, 11) is 1.59. The fraction of sp³-hybridized carbons (Fsp3) is 0.143. The highest BCUT2D eigenvalue weighted by Crippen LogP contribution is 2.29. The summed E-state index contributed by atoms with van der Waals surface area (Å²) >= 11 is 6.04. The first kappa shape index (κ1) is 19.3. The summed E-state index contributed by atoms with van der Waals surface area (Å²) in [5, 5.41) is 13.7. The number of rotatable bonds is 5. The van der Waals surface area contributed by atoms with Crippen molar-refractivity contribution in [1.82, 2.24) is 34.3 Å². The molecule has 0 saturated carbocycles. The zero-order valence-corrected chi connectivity index (χ0v) is 17.2. The van der Waals surface area contributed by atoms with Crippen LogP contribution in [-0.4, -0.2) is 41.5 Å². The first-order valence-electron chi connectivity index (χ1n) is 9.44. The Hall–Kier alpha value is -3.69. The average molecular weight is 434 g/mol. The Balaban J connectivity index is 1.70. The summed E-state index contributed by atoms with van der Waals surface area (Å²) in [5.41, 5.74) is 3.64. The molecule has 10 heteroatoms. The van der Waals surface area contributed by atoms with E-state index >= 15 is 0 Å². The number of benzene rings is 1. The molecule has 0 aliphatic heterocycles. The lowest BCUT2D eigenvalue weighted by atomic mass is 10.1. The summed E-state index contributed by atoms with van der Waals surface area (Å²) in [6.07, 6.45) is 3.15. The smallest absolute Gasteiger partial charge is 0.283 e. The molecule has 0 unspecified atom stereocenters.